The minimum Gasteiger partial charge on any atom is -0.366 e. The summed E-state index contributed by atoms with van der Waals surface area (Å²) in [5.41, 5.74) is 6.50. The third kappa shape index (κ3) is 4.17. The summed E-state index contributed by atoms with van der Waals surface area (Å²) in [6.45, 7) is 3.29. The van der Waals surface area contributed by atoms with E-state index in [2.05, 4.69) is 17.6 Å². The molecule has 30 heavy (non-hydrogen) atoms. The molecule has 4 N–H and O–H groups in total. The lowest BCUT2D eigenvalue weighted by Crippen LogP contribution is -2.42. The quantitative estimate of drug-likeness (QED) is 0.608. The van der Waals surface area contributed by atoms with Gasteiger partial charge in [-0.15, -0.1) is 0 Å². The van der Waals surface area contributed by atoms with Gasteiger partial charge in [0.1, 0.15) is 12.1 Å². The van der Waals surface area contributed by atoms with Crippen molar-refractivity contribution in [3.8, 4) is 0 Å². The van der Waals surface area contributed by atoms with Crippen LogP contribution < -0.4 is 16.4 Å². The van der Waals surface area contributed by atoms with Crippen LogP contribution in [0.3, 0.4) is 0 Å². The van der Waals surface area contributed by atoms with Crippen molar-refractivity contribution in [3.05, 3.63) is 65.2 Å². The highest BCUT2D eigenvalue weighted by Gasteiger charge is 2.49. The van der Waals surface area contributed by atoms with Gasteiger partial charge in [-0.25, -0.2) is 4.79 Å². The molecule has 0 unspecified atom stereocenters. The van der Waals surface area contributed by atoms with Crippen molar-refractivity contribution in [1.29, 1.82) is 0 Å². The molecule has 3 rings (SSSR count). The molecular formula is C22H24N4O4. The first-order valence-corrected chi connectivity index (χ1v) is 9.68. The molecule has 5 amide bonds. The largest absolute Gasteiger partial charge is 0.366 e. The normalized spacial score (nSPS) is 18.3. The second kappa shape index (κ2) is 8.36. The van der Waals surface area contributed by atoms with E-state index in [0.717, 1.165) is 23.3 Å². The number of hydrogen-bond donors (Lipinski definition) is 3. The Bertz CT molecular complexity index is 985. The fourth-order valence-electron chi connectivity index (χ4n) is 3.39. The minimum atomic E-state index is -1.23. The first kappa shape index (κ1) is 21.0. The Labute approximate surface area is 174 Å². The summed E-state index contributed by atoms with van der Waals surface area (Å²) in [5.74, 6) is -1.60. The second-order valence-corrected chi connectivity index (χ2v) is 7.38. The molecule has 2 aromatic rings. The van der Waals surface area contributed by atoms with Gasteiger partial charge in [0, 0.05) is 11.3 Å². The van der Waals surface area contributed by atoms with Crippen LogP contribution in [-0.2, 0) is 21.5 Å². The number of aryl methyl sites for hydroxylation is 1. The second-order valence-electron chi connectivity index (χ2n) is 7.38. The lowest BCUT2D eigenvalue weighted by molar-refractivity contribution is -0.133. The Kier molecular flexibility index (Phi) is 5.86. The van der Waals surface area contributed by atoms with E-state index in [0.29, 0.717) is 16.8 Å². The van der Waals surface area contributed by atoms with E-state index in [4.69, 9.17) is 5.73 Å². The predicted octanol–water partition coefficient (Wildman–Crippen LogP) is 2.14. The topological polar surface area (TPSA) is 122 Å². The number of benzene rings is 2. The minimum absolute atomic E-state index is 0.308. The molecule has 0 aliphatic carbocycles. The first-order chi connectivity index (χ1) is 14.2. The van der Waals surface area contributed by atoms with Crippen molar-refractivity contribution in [3.63, 3.8) is 0 Å². The maximum Gasteiger partial charge on any atom is 0.325 e. The fraction of sp³-hybridized carbons (Fsp3) is 0.273. The molecule has 2 aromatic carbocycles. The number of carbonyl (C=O) groups excluding carboxylic acids is 4. The molecule has 8 nitrogen and oxygen atoms in total. The number of rotatable bonds is 7. The van der Waals surface area contributed by atoms with Crippen LogP contribution >= 0.6 is 0 Å². The summed E-state index contributed by atoms with van der Waals surface area (Å²) in [6.07, 6.45) is 1.95. The maximum absolute atomic E-state index is 13.0. The SMILES string of the molecule is CCCc1ccc([C@]2(C)NC(=O)N(CC(=O)Nc3ccc(C(N)=O)cc3)C2=O)cc1. The Morgan fingerprint density at radius 3 is 2.27 bits per heavy atom. The summed E-state index contributed by atoms with van der Waals surface area (Å²) >= 11 is 0. The molecule has 0 saturated carbocycles. The van der Waals surface area contributed by atoms with Gasteiger partial charge in [-0.3, -0.25) is 19.3 Å². The van der Waals surface area contributed by atoms with E-state index >= 15 is 0 Å². The maximum atomic E-state index is 13.0. The number of hydrogen-bond acceptors (Lipinski definition) is 4. The van der Waals surface area contributed by atoms with Crippen LogP contribution in [0.15, 0.2) is 48.5 Å². The first-order valence-electron chi connectivity index (χ1n) is 9.68. The average molecular weight is 408 g/mol. The van der Waals surface area contributed by atoms with Crippen LogP contribution in [-0.4, -0.2) is 35.2 Å². The number of nitrogens with zero attached hydrogens (tertiary/aromatic N) is 1. The zero-order chi connectivity index (χ0) is 21.9. The van der Waals surface area contributed by atoms with E-state index in [1.807, 2.05) is 24.3 Å². The highest BCUT2D eigenvalue weighted by molar-refractivity contribution is 6.10. The van der Waals surface area contributed by atoms with Crippen LogP contribution in [0.2, 0.25) is 0 Å². The van der Waals surface area contributed by atoms with Crippen LogP contribution in [0.1, 0.15) is 41.8 Å². The number of nitrogens with two attached hydrogens (primary N) is 1. The smallest absolute Gasteiger partial charge is 0.325 e. The summed E-state index contributed by atoms with van der Waals surface area (Å²) < 4.78 is 0. The van der Waals surface area contributed by atoms with Crippen LogP contribution in [0.25, 0.3) is 0 Å². The van der Waals surface area contributed by atoms with E-state index in [1.54, 1.807) is 6.92 Å². The molecule has 1 aliphatic rings. The van der Waals surface area contributed by atoms with Crippen molar-refractivity contribution in [2.24, 2.45) is 5.73 Å². The van der Waals surface area contributed by atoms with Gasteiger partial charge < -0.3 is 16.4 Å². The zero-order valence-electron chi connectivity index (χ0n) is 16.9. The van der Waals surface area contributed by atoms with Crippen molar-refractivity contribution in [2.75, 3.05) is 11.9 Å². The molecule has 8 heteroatoms. The Morgan fingerprint density at radius 1 is 1.07 bits per heavy atom. The molecule has 0 aromatic heterocycles. The molecule has 1 atom stereocenters. The molecule has 1 saturated heterocycles. The fourth-order valence-corrected chi connectivity index (χ4v) is 3.39. The molecule has 1 heterocycles. The number of carbonyl (C=O) groups is 4. The lowest BCUT2D eigenvalue weighted by atomic mass is 9.91. The van der Waals surface area contributed by atoms with E-state index in [9.17, 15) is 19.2 Å². The zero-order valence-corrected chi connectivity index (χ0v) is 16.9. The number of nitrogens with one attached hydrogen (secondary N) is 2. The van der Waals surface area contributed by atoms with Crippen molar-refractivity contribution >= 4 is 29.4 Å². The van der Waals surface area contributed by atoms with Gasteiger partial charge >= 0.3 is 6.03 Å². The predicted molar refractivity (Wildman–Crippen MR) is 112 cm³/mol. The third-order valence-electron chi connectivity index (χ3n) is 5.10. The van der Waals surface area contributed by atoms with Crippen LogP contribution in [0, 0.1) is 0 Å². The Hall–Kier alpha value is -3.68. The van der Waals surface area contributed by atoms with Gasteiger partial charge in [-0.1, -0.05) is 37.6 Å². The molecule has 0 radical (unpaired) electrons. The van der Waals surface area contributed by atoms with Gasteiger partial charge in [0.15, 0.2) is 0 Å². The van der Waals surface area contributed by atoms with Gasteiger partial charge in [-0.05, 0) is 48.7 Å². The monoisotopic (exact) mass is 408 g/mol. The number of anilines is 1. The van der Waals surface area contributed by atoms with E-state index in [-0.39, 0.29) is 0 Å². The Balaban J connectivity index is 1.69. The summed E-state index contributed by atoms with van der Waals surface area (Å²) in [4.78, 5) is 49.8. The molecule has 1 fully saturated rings. The number of urea groups is 1. The molecular weight excluding hydrogens is 384 g/mol. The summed E-state index contributed by atoms with van der Waals surface area (Å²) in [7, 11) is 0. The van der Waals surface area contributed by atoms with Gasteiger partial charge in [0.05, 0.1) is 0 Å². The Morgan fingerprint density at radius 2 is 1.70 bits per heavy atom. The summed E-state index contributed by atoms with van der Waals surface area (Å²) in [5, 5.41) is 5.29. The lowest BCUT2D eigenvalue weighted by Gasteiger charge is -2.22. The molecule has 0 spiro atoms. The van der Waals surface area contributed by atoms with Crippen LogP contribution in [0.4, 0.5) is 10.5 Å². The van der Waals surface area contributed by atoms with Gasteiger partial charge in [0.25, 0.3) is 5.91 Å². The molecule has 156 valence electrons. The summed E-state index contributed by atoms with van der Waals surface area (Å²) in [6, 6.07) is 12.9. The van der Waals surface area contributed by atoms with Gasteiger partial charge in [-0.2, -0.15) is 0 Å². The van der Waals surface area contributed by atoms with Crippen molar-refractivity contribution < 1.29 is 19.2 Å². The van der Waals surface area contributed by atoms with Crippen molar-refractivity contribution in [1.82, 2.24) is 10.2 Å². The highest BCUT2D eigenvalue weighted by Crippen LogP contribution is 2.29. The van der Waals surface area contributed by atoms with Crippen molar-refractivity contribution in [2.45, 2.75) is 32.2 Å². The van der Waals surface area contributed by atoms with Crippen LogP contribution in [0.5, 0.6) is 0 Å². The van der Waals surface area contributed by atoms with E-state index in [1.165, 1.54) is 24.3 Å². The van der Waals surface area contributed by atoms with E-state index < -0.39 is 35.8 Å². The molecule has 1 aliphatic heterocycles. The standard InChI is InChI=1S/C22H24N4O4/c1-3-4-14-5-9-16(10-6-14)22(2)20(29)26(21(30)25-22)13-18(27)24-17-11-7-15(8-12-17)19(23)28/h5-12H,3-4,13H2,1-2H3,(H2,23,28)(H,24,27)(H,25,30)/t22-/m0/s1. The highest BCUT2D eigenvalue weighted by atomic mass is 16.2. The van der Waals surface area contributed by atoms with Gasteiger partial charge in [0.2, 0.25) is 11.8 Å². The third-order valence-corrected chi connectivity index (χ3v) is 5.10. The number of amides is 5. The number of primary amides is 1. The average Bonchev–Trinajstić information content (AvgIpc) is 2.93. The number of imide groups is 1. The molecule has 0 bridgehead atoms.